The summed E-state index contributed by atoms with van der Waals surface area (Å²) in [5.41, 5.74) is 7.66. The van der Waals surface area contributed by atoms with Crippen LogP contribution < -0.4 is 21.1 Å². The van der Waals surface area contributed by atoms with E-state index in [-0.39, 0.29) is 18.3 Å². The standard InChI is InChI=1S/C18H22N4O2/c1-24-16-9-5-8-15(12-16)22-18(19)20-11-10-17(23)21-13-14-6-3-2-4-7-14/h2-9,12H,10-11,13H2,1H3,(H,21,23)(H3,19,20,22). The largest absolute Gasteiger partial charge is 0.497 e. The highest BCUT2D eigenvalue weighted by Crippen LogP contribution is 2.16. The van der Waals surface area contributed by atoms with Crippen molar-refractivity contribution in [2.24, 2.45) is 10.7 Å². The van der Waals surface area contributed by atoms with Gasteiger partial charge in [0.2, 0.25) is 5.91 Å². The second-order valence-corrected chi connectivity index (χ2v) is 5.14. The third-order valence-electron chi connectivity index (χ3n) is 3.30. The minimum absolute atomic E-state index is 0.0585. The van der Waals surface area contributed by atoms with Crippen molar-refractivity contribution in [3.05, 3.63) is 60.2 Å². The van der Waals surface area contributed by atoms with Gasteiger partial charge in [-0.15, -0.1) is 0 Å². The first kappa shape index (κ1) is 17.3. The van der Waals surface area contributed by atoms with Crippen LogP contribution in [0.25, 0.3) is 0 Å². The summed E-state index contributed by atoms with van der Waals surface area (Å²) in [6.45, 7) is 0.838. The normalized spacial score (nSPS) is 11.0. The summed E-state index contributed by atoms with van der Waals surface area (Å²) >= 11 is 0. The molecule has 1 amide bonds. The lowest BCUT2D eigenvalue weighted by atomic mass is 10.2. The first-order chi connectivity index (χ1) is 11.7. The van der Waals surface area contributed by atoms with E-state index in [1.54, 1.807) is 7.11 Å². The van der Waals surface area contributed by atoms with E-state index < -0.39 is 0 Å². The van der Waals surface area contributed by atoms with Crippen molar-refractivity contribution in [3.63, 3.8) is 0 Å². The number of amides is 1. The second kappa shape index (κ2) is 9.19. The summed E-state index contributed by atoms with van der Waals surface area (Å²) in [5, 5.41) is 5.82. The summed E-state index contributed by atoms with van der Waals surface area (Å²) in [6.07, 6.45) is 0.285. The quantitative estimate of drug-likeness (QED) is 0.537. The summed E-state index contributed by atoms with van der Waals surface area (Å²) in [4.78, 5) is 15.9. The molecule has 0 saturated heterocycles. The van der Waals surface area contributed by atoms with E-state index in [1.807, 2.05) is 54.6 Å². The van der Waals surface area contributed by atoms with Crippen LogP contribution >= 0.6 is 0 Å². The Kier molecular flexibility index (Phi) is 6.64. The number of nitrogens with one attached hydrogen (secondary N) is 2. The van der Waals surface area contributed by atoms with Crippen LogP contribution in [0.2, 0.25) is 0 Å². The second-order valence-electron chi connectivity index (χ2n) is 5.14. The lowest BCUT2D eigenvalue weighted by molar-refractivity contribution is -0.121. The van der Waals surface area contributed by atoms with Gasteiger partial charge < -0.3 is 21.1 Å². The minimum atomic E-state index is -0.0585. The number of nitrogens with zero attached hydrogens (tertiary/aromatic N) is 1. The van der Waals surface area contributed by atoms with Gasteiger partial charge in [0.05, 0.1) is 13.7 Å². The average molecular weight is 326 g/mol. The topological polar surface area (TPSA) is 88.7 Å². The molecule has 24 heavy (non-hydrogen) atoms. The van der Waals surface area contributed by atoms with Gasteiger partial charge in [0, 0.05) is 24.7 Å². The Hall–Kier alpha value is -3.02. The molecule has 0 saturated carbocycles. The maximum absolute atomic E-state index is 11.8. The van der Waals surface area contributed by atoms with Gasteiger partial charge in [-0.05, 0) is 17.7 Å². The molecule has 0 aliphatic rings. The third kappa shape index (κ3) is 6.00. The molecule has 0 aromatic heterocycles. The number of guanidine groups is 1. The van der Waals surface area contributed by atoms with Gasteiger partial charge in [-0.1, -0.05) is 36.4 Å². The van der Waals surface area contributed by atoms with Gasteiger partial charge in [-0.2, -0.15) is 0 Å². The lowest BCUT2D eigenvalue weighted by Crippen LogP contribution is -2.25. The van der Waals surface area contributed by atoms with Gasteiger partial charge in [-0.3, -0.25) is 9.79 Å². The van der Waals surface area contributed by atoms with Gasteiger partial charge >= 0.3 is 0 Å². The third-order valence-corrected chi connectivity index (χ3v) is 3.30. The molecule has 0 heterocycles. The molecule has 6 heteroatoms. The number of rotatable bonds is 7. The van der Waals surface area contributed by atoms with Crippen molar-refractivity contribution in [3.8, 4) is 5.75 Å². The molecule has 0 aliphatic heterocycles. The number of nitrogens with two attached hydrogens (primary N) is 1. The van der Waals surface area contributed by atoms with E-state index in [1.165, 1.54) is 0 Å². The Labute approximate surface area is 141 Å². The van der Waals surface area contributed by atoms with E-state index >= 15 is 0 Å². The van der Waals surface area contributed by atoms with Crippen molar-refractivity contribution in [1.82, 2.24) is 5.32 Å². The number of aliphatic imine (C=N–C) groups is 1. The number of hydrogen-bond donors (Lipinski definition) is 3. The van der Waals surface area contributed by atoms with E-state index in [0.29, 0.717) is 13.1 Å². The van der Waals surface area contributed by atoms with Crippen LogP contribution in [0.15, 0.2) is 59.6 Å². The molecule has 0 atom stereocenters. The number of carbonyl (C=O) groups excluding carboxylic acids is 1. The highest BCUT2D eigenvalue weighted by atomic mass is 16.5. The Morgan fingerprint density at radius 3 is 2.71 bits per heavy atom. The number of methoxy groups -OCH3 is 1. The van der Waals surface area contributed by atoms with Crippen LogP contribution in [-0.2, 0) is 11.3 Å². The Bertz CT molecular complexity index is 686. The van der Waals surface area contributed by atoms with Crippen LogP contribution in [0.4, 0.5) is 5.69 Å². The number of hydrogen-bond acceptors (Lipinski definition) is 3. The molecule has 0 aliphatic carbocycles. The van der Waals surface area contributed by atoms with E-state index in [2.05, 4.69) is 15.6 Å². The zero-order valence-electron chi connectivity index (χ0n) is 13.7. The van der Waals surface area contributed by atoms with Crippen molar-refractivity contribution in [1.29, 1.82) is 0 Å². The summed E-state index contributed by atoms with van der Waals surface area (Å²) < 4.78 is 5.14. The molecule has 4 N–H and O–H groups in total. The predicted molar refractivity (Wildman–Crippen MR) is 96.0 cm³/mol. The maximum Gasteiger partial charge on any atom is 0.222 e. The fraction of sp³-hybridized carbons (Fsp3) is 0.222. The van der Waals surface area contributed by atoms with Crippen molar-refractivity contribution >= 4 is 17.6 Å². The van der Waals surface area contributed by atoms with Crippen LogP contribution in [0.5, 0.6) is 5.75 Å². The molecule has 0 unspecified atom stereocenters. The zero-order valence-corrected chi connectivity index (χ0v) is 13.7. The predicted octanol–water partition coefficient (Wildman–Crippen LogP) is 2.13. The first-order valence-corrected chi connectivity index (χ1v) is 7.69. The van der Waals surface area contributed by atoms with E-state index in [0.717, 1.165) is 17.0 Å². The monoisotopic (exact) mass is 326 g/mol. The van der Waals surface area contributed by atoms with Crippen LogP contribution in [-0.4, -0.2) is 25.5 Å². The molecule has 0 spiro atoms. The molecule has 2 rings (SSSR count). The van der Waals surface area contributed by atoms with Gasteiger partial charge in [0.1, 0.15) is 5.75 Å². The fourth-order valence-electron chi connectivity index (χ4n) is 2.05. The summed E-state index contributed by atoms with van der Waals surface area (Å²) in [5.74, 6) is 0.934. The fourth-order valence-corrected chi connectivity index (χ4v) is 2.05. The number of anilines is 1. The van der Waals surface area contributed by atoms with Crippen LogP contribution in [0, 0.1) is 0 Å². The Morgan fingerprint density at radius 1 is 1.17 bits per heavy atom. The number of ether oxygens (including phenoxy) is 1. The molecule has 2 aromatic carbocycles. The summed E-state index contributed by atoms with van der Waals surface area (Å²) in [6, 6.07) is 17.1. The molecule has 0 fully saturated rings. The molecule has 126 valence electrons. The van der Waals surface area contributed by atoms with Crippen LogP contribution in [0.3, 0.4) is 0 Å². The Morgan fingerprint density at radius 2 is 1.96 bits per heavy atom. The van der Waals surface area contributed by atoms with E-state index in [9.17, 15) is 4.79 Å². The molecule has 6 nitrogen and oxygen atoms in total. The molecule has 0 radical (unpaired) electrons. The SMILES string of the molecule is COc1cccc(NC(N)=NCCC(=O)NCc2ccccc2)c1. The first-order valence-electron chi connectivity index (χ1n) is 7.69. The maximum atomic E-state index is 11.8. The highest BCUT2D eigenvalue weighted by molar-refractivity contribution is 5.92. The zero-order chi connectivity index (χ0) is 17.2. The Balaban J connectivity index is 1.73. The van der Waals surface area contributed by atoms with Crippen molar-refractivity contribution in [2.45, 2.75) is 13.0 Å². The molecular weight excluding hydrogens is 304 g/mol. The molecule has 0 bridgehead atoms. The van der Waals surface area contributed by atoms with Crippen molar-refractivity contribution in [2.75, 3.05) is 19.0 Å². The smallest absolute Gasteiger partial charge is 0.222 e. The highest BCUT2D eigenvalue weighted by Gasteiger charge is 2.01. The summed E-state index contributed by atoms with van der Waals surface area (Å²) in [7, 11) is 1.60. The molecule has 2 aromatic rings. The molecular formula is C18H22N4O2. The van der Waals surface area contributed by atoms with Gasteiger partial charge in [0.25, 0.3) is 0 Å². The van der Waals surface area contributed by atoms with Gasteiger partial charge in [-0.25, -0.2) is 0 Å². The van der Waals surface area contributed by atoms with Crippen molar-refractivity contribution < 1.29 is 9.53 Å². The minimum Gasteiger partial charge on any atom is -0.497 e. The van der Waals surface area contributed by atoms with Gasteiger partial charge in [0.15, 0.2) is 5.96 Å². The number of benzene rings is 2. The lowest BCUT2D eigenvalue weighted by Gasteiger charge is -2.07. The van der Waals surface area contributed by atoms with Crippen LogP contribution in [0.1, 0.15) is 12.0 Å². The number of carbonyl (C=O) groups is 1. The average Bonchev–Trinajstić information content (AvgIpc) is 2.61. The van der Waals surface area contributed by atoms with E-state index in [4.69, 9.17) is 10.5 Å².